The summed E-state index contributed by atoms with van der Waals surface area (Å²) in [5.74, 6) is 1.17. The average Bonchev–Trinajstić information content (AvgIpc) is 2.79. The molecule has 0 spiro atoms. The zero-order chi connectivity index (χ0) is 23.8. The molecule has 33 heavy (non-hydrogen) atoms. The van der Waals surface area contributed by atoms with Gasteiger partial charge in [0.15, 0.2) is 0 Å². The van der Waals surface area contributed by atoms with Crippen molar-refractivity contribution in [1.29, 1.82) is 0 Å². The number of nitrogens with zero attached hydrogens (tertiary/aromatic N) is 1. The van der Waals surface area contributed by atoms with Gasteiger partial charge in [-0.15, -0.1) is 0 Å². The number of likely N-dealkylation sites (tertiary alicyclic amines) is 1. The van der Waals surface area contributed by atoms with E-state index in [0.29, 0.717) is 37.0 Å². The van der Waals surface area contributed by atoms with Crippen LogP contribution in [0.5, 0.6) is 5.75 Å². The van der Waals surface area contributed by atoms with Gasteiger partial charge >= 0.3 is 0 Å². The quantitative estimate of drug-likeness (QED) is 0.464. The van der Waals surface area contributed by atoms with Crippen molar-refractivity contribution in [3.05, 3.63) is 29.8 Å². The van der Waals surface area contributed by atoms with Crippen molar-refractivity contribution < 1.29 is 14.7 Å². The summed E-state index contributed by atoms with van der Waals surface area (Å²) in [4.78, 5) is 26.6. The Labute approximate surface area is 199 Å². The molecule has 0 radical (unpaired) electrons. The topological polar surface area (TPSA) is 95.7 Å². The zero-order valence-electron chi connectivity index (χ0n) is 20.5. The summed E-state index contributed by atoms with van der Waals surface area (Å²) in [7, 11) is 0. The van der Waals surface area contributed by atoms with Crippen LogP contribution in [0.1, 0.15) is 77.2 Å². The summed E-state index contributed by atoms with van der Waals surface area (Å²) in [6.07, 6.45) is 9.21. The van der Waals surface area contributed by atoms with Crippen molar-refractivity contribution in [3.8, 4) is 5.75 Å². The Morgan fingerprint density at radius 3 is 2.70 bits per heavy atom. The van der Waals surface area contributed by atoms with E-state index in [9.17, 15) is 14.7 Å². The third-order valence-electron chi connectivity index (χ3n) is 8.16. The second-order valence-corrected chi connectivity index (χ2v) is 10.7. The second kappa shape index (κ2) is 11.9. The maximum absolute atomic E-state index is 13.1. The van der Waals surface area contributed by atoms with Gasteiger partial charge in [0, 0.05) is 26.1 Å². The second-order valence-electron chi connectivity index (χ2n) is 10.7. The SMILES string of the molecule is CC1CN(CC(CC2CCCCC2)C(=O)NCCCC(N)=O)CCC1(C)c1cccc(O)c1. The summed E-state index contributed by atoms with van der Waals surface area (Å²) in [6.45, 7) is 7.79. The highest BCUT2D eigenvalue weighted by atomic mass is 16.3. The molecule has 1 saturated heterocycles. The van der Waals surface area contributed by atoms with E-state index in [1.807, 2.05) is 12.1 Å². The normalized spacial score (nSPS) is 25.5. The third kappa shape index (κ3) is 7.20. The molecule has 2 fully saturated rings. The van der Waals surface area contributed by atoms with Crippen molar-refractivity contribution >= 4 is 11.8 Å². The molecule has 3 unspecified atom stereocenters. The number of phenolic OH excluding ortho intramolecular Hbond substituents is 1. The third-order valence-corrected chi connectivity index (χ3v) is 8.16. The molecule has 2 amide bonds. The minimum atomic E-state index is -0.319. The fourth-order valence-electron chi connectivity index (χ4n) is 5.79. The maximum Gasteiger partial charge on any atom is 0.224 e. The number of benzene rings is 1. The first-order chi connectivity index (χ1) is 15.8. The van der Waals surface area contributed by atoms with Crippen LogP contribution in [0.3, 0.4) is 0 Å². The molecule has 1 aliphatic heterocycles. The van der Waals surface area contributed by atoms with Gasteiger partial charge in [-0.25, -0.2) is 0 Å². The van der Waals surface area contributed by atoms with Crippen molar-refractivity contribution in [2.45, 2.75) is 77.0 Å². The van der Waals surface area contributed by atoms with Gasteiger partial charge in [-0.05, 0) is 60.8 Å². The molecule has 1 saturated carbocycles. The lowest BCUT2D eigenvalue weighted by molar-refractivity contribution is -0.127. The van der Waals surface area contributed by atoms with Crippen molar-refractivity contribution in [2.24, 2.45) is 23.5 Å². The summed E-state index contributed by atoms with van der Waals surface area (Å²) in [5, 5.41) is 13.0. The van der Waals surface area contributed by atoms with Crippen LogP contribution in [-0.4, -0.2) is 48.0 Å². The van der Waals surface area contributed by atoms with Gasteiger partial charge in [-0.3, -0.25) is 9.59 Å². The number of phenols is 1. The molecule has 1 heterocycles. The zero-order valence-corrected chi connectivity index (χ0v) is 20.5. The number of rotatable bonds is 10. The maximum atomic E-state index is 13.1. The highest BCUT2D eigenvalue weighted by Crippen LogP contribution is 2.40. The number of amides is 2. The summed E-state index contributed by atoms with van der Waals surface area (Å²) in [6, 6.07) is 7.68. The van der Waals surface area contributed by atoms with Crippen molar-refractivity contribution in [1.82, 2.24) is 10.2 Å². The number of aromatic hydroxyl groups is 1. The van der Waals surface area contributed by atoms with Crippen LogP contribution in [0.25, 0.3) is 0 Å². The van der Waals surface area contributed by atoms with Gasteiger partial charge in [-0.2, -0.15) is 0 Å². The lowest BCUT2D eigenvalue weighted by Gasteiger charge is -2.46. The molecular formula is C27H43N3O3. The first-order valence-corrected chi connectivity index (χ1v) is 12.9. The minimum absolute atomic E-state index is 0.0148. The van der Waals surface area contributed by atoms with Crippen LogP contribution in [0.4, 0.5) is 0 Å². The molecule has 1 aliphatic carbocycles. The molecule has 0 bridgehead atoms. The van der Waals surface area contributed by atoms with Gasteiger partial charge in [-0.1, -0.05) is 58.1 Å². The molecule has 1 aromatic rings. The summed E-state index contributed by atoms with van der Waals surface area (Å²) >= 11 is 0. The van der Waals surface area contributed by atoms with E-state index in [0.717, 1.165) is 32.5 Å². The molecule has 2 aliphatic rings. The van der Waals surface area contributed by atoms with E-state index in [1.165, 1.54) is 37.7 Å². The first kappa shape index (κ1) is 25.5. The number of nitrogens with two attached hydrogens (primary N) is 1. The van der Waals surface area contributed by atoms with E-state index in [4.69, 9.17) is 5.73 Å². The monoisotopic (exact) mass is 457 g/mol. The Morgan fingerprint density at radius 1 is 1.27 bits per heavy atom. The van der Waals surface area contributed by atoms with Gasteiger partial charge in [0.05, 0.1) is 5.92 Å². The van der Waals surface area contributed by atoms with Crippen LogP contribution in [0, 0.1) is 17.8 Å². The standard InChI is InChI=1S/C27H43N3O3/c1-20-18-30(15-13-27(20,2)23-10-6-11-24(31)17-23)19-22(16-21-8-4-3-5-9-21)26(33)29-14-7-12-25(28)32/h6,10-11,17,20-22,31H,3-5,7-9,12-16,18-19H2,1-2H3,(H2,28,32)(H,29,33). The Balaban J connectivity index is 1.61. The number of primary amides is 1. The van der Waals surface area contributed by atoms with E-state index >= 15 is 0 Å². The largest absolute Gasteiger partial charge is 0.508 e. The molecule has 0 aromatic heterocycles. The summed E-state index contributed by atoms with van der Waals surface area (Å²) in [5.41, 5.74) is 6.44. The van der Waals surface area contributed by atoms with E-state index in [2.05, 4.69) is 30.1 Å². The molecule has 3 rings (SSSR count). The minimum Gasteiger partial charge on any atom is -0.508 e. The molecular weight excluding hydrogens is 414 g/mol. The van der Waals surface area contributed by atoms with Crippen molar-refractivity contribution in [3.63, 3.8) is 0 Å². The van der Waals surface area contributed by atoms with E-state index in [-0.39, 0.29) is 23.1 Å². The van der Waals surface area contributed by atoms with E-state index < -0.39 is 0 Å². The average molecular weight is 458 g/mol. The predicted molar refractivity (Wildman–Crippen MR) is 132 cm³/mol. The van der Waals surface area contributed by atoms with Gasteiger partial charge in [0.25, 0.3) is 0 Å². The smallest absolute Gasteiger partial charge is 0.224 e. The molecule has 1 aromatic carbocycles. The van der Waals surface area contributed by atoms with Crippen LogP contribution < -0.4 is 11.1 Å². The highest BCUT2D eigenvalue weighted by Gasteiger charge is 2.39. The molecule has 4 N–H and O–H groups in total. The Hall–Kier alpha value is -2.08. The number of piperidine rings is 1. The lowest BCUT2D eigenvalue weighted by Crippen LogP contribution is -2.50. The van der Waals surface area contributed by atoms with Crippen molar-refractivity contribution in [2.75, 3.05) is 26.2 Å². The molecule has 6 nitrogen and oxygen atoms in total. The Morgan fingerprint density at radius 2 is 2.03 bits per heavy atom. The summed E-state index contributed by atoms with van der Waals surface area (Å²) < 4.78 is 0. The highest BCUT2D eigenvalue weighted by molar-refractivity contribution is 5.79. The predicted octanol–water partition coefficient (Wildman–Crippen LogP) is 3.96. The molecule has 6 heteroatoms. The van der Waals surface area contributed by atoms with Crippen LogP contribution in [-0.2, 0) is 15.0 Å². The van der Waals surface area contributed by atoms with Gasteiger partial charge in [0.2, 0.25) is 11.8 Å². The number of carbonyl (C=O) groups is 2. The van der Waals surface area contributed by atoms with Gasteiger partial charge in [0.1, 0.15) is 5.75 Å². The molecule has 3 atom stereocenters. The van der Waals surface area contributed by atoms with Crippen LogP contribution >= 0.6 is 0 Å². The number of carbonyl (C=O) groups excluding carboxylic acids is 2. The lowest BCUT2D eigenvalue weighted by atomic mass is 9.68. The molecule has 184 valence electrons. The first-order valence-electron chi connectivity index (χ1n) is 12.9. The number of hydrogen-bond acceptors (Lipinski definition) is 4. The Kier molecular flexibility index (Phi) is 9.19. The van der Waals surface area contributed by atoms with Gasteiger partial charge < -0.3 is 21.1 Å². The van der Waals surface area contributed by atoms with Crippen LogP contribution in [0.2, 0.25) is 0 Å². The van der Waals surface area contributed by atoms with E-state index in [1.54, 1.807) is 6.07 Å². The number of nitrogens with one attached hydrogen (secondary N) is 1. The Bertz CT molecular complexity index is 793. The van der Waals surface area contributed by atoms with Crippen LogP contribution in [0.15, 0.2) is 24.3 Å². The fraction of sp³-hybridized carbons (Fsp3) is 0.704. The number of hydrogen-bond donors (Lipinski definition) is 3. The fourth-order valence-corrected chi connectivity index (χ4v) is 5.79.